The van der Waals surface area contributed by atoms with Gasteiger partial charge in [0.1, 0.15) is 0 Å². The van der Waals surface area contributed by atoms with Crippen molar-refractivity contribution in [1.82, 2.24) is 16.0 Å². The van der Waals surface area contributed by atoms with Crippen LogP contribution in [0.15, 0.2) is 29.3 Å². The number of rotatable bonds is 5. The summed E-state index contributed by atoms with van der Waals surface area (Å²) in [6.07, 6.45) is 0.924. The Balaban J connectivity index is 2.59. The average molecular weight is 318 g/mol. The van der Waals surface area contributed by atoms with Gasteiger partial charge in [-0.25, -0.2) is 0 Å². The number of nitrogens with zero attached hydrogens (tertiary/aromatic N) is 1. The third-order valence-corrected chi connectivity index (χ3v) is 3.38. The van der Waals surface area contributed by atoms with E-state index in [0.717, 1.165) is 17.9 Å². The molecule has 0 fully saturated rings. The third-order valence-electron chi connectivity index (χ3n) is 3.38. The minimum Gasteiger partial charge on any atom is -0.352 e. The van der Waals surface area contributed by atoms with E-state index in [0.29, 0.717) is 12.1 Å². The van der Waals surface area contributed by atoms with Gasteiger partial charge in [0, 0.05) is 30.7 Å². The van der Waals surface area contributed by atoms with E-state index in [1.807, 2.05) is 31.2 Å². The molecule has 0 heterocycles. The maximum atomic E-state index is 12.0. The average Bonchev–Trinajstić information content (AvgIpc) is 2.50. The maximum Gasteiger partial charge on any atom is 0.251 e. The van der Waals surface area contributed by atoms with Crippen LogP contribution in [0.4, 0.5) is 0 Å². The Labute approximate surface area is 140 Å². The molecular weight excluding hydrogens is 288 g/mol. The first-order valence-electron chi connectivity index (χ1n) is 8.13. The van der Waals surface area contributed by atoms with Crippen LogP contribution in [-0.2, 0) is 6.54 Å². The molecule has 1 unspecified atom stereocenters. The fourth-order valence-electron chi connectivity index (χ4n) is 1.90. The second-order valence-electron chi connectivity index (χ2n) is 6.78. The van der Waals surface area contributed by atoms with Crippen LogP contribution >= 0.6 is 0 Å². The molecule has 0 spiro atoms. The normalized spacial score (nSPS) is 13.4. The van der Waals surface area contributed by atoms with Gasteiger partial charge in [-0.2, -0.15) is 0 Å². The Kier molecular flexibility index (Phi) is 7.07. The molecule has 0 aliphatic heterocycles. The number of hydrogen-bond acceptors (Lipinski definition) is 2. The zero-order chi connectivity index (χ0) is 17.5. The van der Waals surface area contributed by atoms with Crippen LogP contribution in [0.25, 0.3) is 0 Å². The van der Waals surface area contributed by atoms with Crippen molar-refractivity contribution < 1.29 is 4.79 Å². The monoisotopic (exact) mass is 318 g/mol. The Bertz CT molecular complexity index is 529. The highest BCUT2D eigenvalue weighted by Crippen LogP contribution is 2.06. The number of nitrogens with one attached hydrogen (secondary N) is 3. The molecule has 0 aliphatic rings. The molecule has 128 valence electrons. The van der Waals surface area contributed by atoms with Gasteiger partial charge in [-0.3, -0.25) is 9.79 Å². The molecule has 1 atom stereocenters. The van der Waals surface area contributed by atoms with E-state index in [1.165, 1.54) is 0 Å². The van der Waals surface area contributed by atoms with Crippen LogP contribution in [0.1, 0.15) is 57.0 Å². The van der Waals surface area contributed by atoms with Gasteiger partial charge in [-0.15, -0.1) is 0 Å². The molecule has 5 nitrogen and oxygen atoms in total. The van der Waals surface area contributed by atoms with E-state index in [4.69, 9.17) is 0 Å². The predicted octanol–water partition coefficient (Wildman–Crippen LogP) is 2.68. The van der Waals surface area contributed by atoms with Gasteiger partial charge < -0.3 is 16.0 Å². The summed E-state index contributed by atoms with van der Waals surface area (Å²) in [6, 6.07) is 7.82. The quantitative estimate of drug-likeness (QED) is 0.578. The minimum absolute atomic E-state index is 0.0240. The number of hydrogen-bond donors (Lipinski definition) is 3. The fraction of sp³-hybridized carbons (Fsp3) is 0.556. The Hall–Kier alpha value is -2.04. The lowest BCUT2D eigenvalue weighted by Gasteiger charge is -2.23. The number of benzene rings is 1. The predicted molar refractivity (Wildman–Crippen MR) is 96.7 cm³/mol. The molecular formula is C18H30N4O. The lowest BCUT2D eigenvalue weighted by atomic mass is 10.1. The van der Waals surface area contributed by atoms with Gasteiger partial charge in [0.05, 0.1) is 0 Å². The Morgan fingerprint density at radius 1 is 1.22 bits per heavy atom. The molecule has 0 bridgehead atoms. The van der Waals surface area contributed by atoms with Gasteiger partial charge in [0.25, 0.3) is 5.91 Å². The first-order chi connectivity index (χ1) is 10.7. The number of guanidine groups is 1. The lowest BCUT2D eigenvalue weighted by molar-refractivity contribution is 0.0939. The fourth-order valence-corrected chi connectivity index (χ4v) is 1.90. The van der Waals surface area contributed by atoms with Gasteiger partial charge in [0.2, 0.25) is 0 Å². The summed E-state index contributed by atoms with van der Waals surface area (Å²) in [4.78, 5) is 16.2. The van der Waals surface area contributed by atoms with Crippen LogP contribution < -0.4 is 16.0 Å². The summed E-state index contributed by atoms with van der Waals surface area (Å²) in [5, 5.41) is 9.55. The van der Waals surface area contributed by atoms with E-state index >= 15 is 0 Å². The van der Waals surface area contributed by atoms with Crippen molar-refractivity contribution in [2.45, 2.75) is 59.2 Å². The molecule has 5 heteroatoms. The van der Waals surface area contributed by atoms with Crippen LogP contribution in [0.5, 0.6) is 0 Å². The smallest absolute Gasteiger partial charge is 0.251 e. The van der Waals surface area contributed by atoms with E-state index < -0.39 is 0 Å². The summed E-state index contributed by atoms with van der Waals surface area (Å²) in [5.41, 5.74) is 1.74. The standard InChI is InChI=1S/C18H30N4O/c1-7-13(2)21-16(23)15-10-8-14(9-11-15)12-20-17(19-6)22-18(3,4)5/h8-11,13H,7,12H2,1-6H3,(H,21,23)(H2,19,20,22). The second-order valence-corrected chi connectivity index (χ2v) is 6.78. The molecule has 1 rings (SSSR count). The van der Waals surface area contributed by atoms with Crippen molar-refractivity contribution in [3.05, 3.63) is 35.4 Å². The zero-order valence-corrected chi connectivity index (χ0v) is 15.2. The second kappa shape index (κ2) is 8.56. The molecule has 3 N–H and O–H groups in total. The van der Waals surface area contributed by atoms with Gasteiger partial charge >= 0.3 is 0 Å². The number of carbonyl (C=O) groups excluding carboxylic acids is 1. The van der Waals surface area contributed by atoms with Crippen molar-refractivity contribution in [3.63, 3.8) is 0 Å². The van der Waals surface area contributed by atoms with Crippen LogP contribution in [0.2, 0.25) is 0 Å². The van der Waals surface area contributed by atoms with Gasteiger partial charge in [0.15, 0.2) is 5.96 Å². The van der Waals surface area contributed by atoms with Crippen LogP contribution in [0, 0.1) is 0 Å². The maximum absolute atomic E-state index is 12.0. The summed E-state index contributed by atoms with van der Waals surface area (Å²) < 4.78 is 0. The number of amides is 1. The zero-order valence-electron chi connectivity index (χ0n) is 15.2. The van der Waals surface area contributed by atoms with E-state index in [2.05, 4.69) is 48.6 Å². The first kappa shape index (κ1) is 19.0. The van der Waals surface area contributed by atoms with Gasteiger partial charge in [-0.1, -0.05) is 19.1 Å². The molecule has 1 aromatic rings. The molecule has 0 radical (unpaired) electrons. The highest BCUT2D eigenvalue weighted by Gasteiger charge is 2.12. The number of aliphatic imine (C=N–C) groups is 1. The highest BCUT2D eigenvalue weighted by atomic mass is 16.1. The summed E-state index contributed by atoms with van der Waals surface area (Å²) in [6.45, 7) is 11.0. The summed E-state index contributed by atoms with van der Waals surface area (Å²) in [7, 11) is 1.75. The number of carbonyl (C=O) groups is 1. The topological polar surface area (TPSA) is 65.5 Å². The van der Waals surface area contributed by atoms with Crippen molar-refractivity contribution in [1.29, 1.82) is 0 Å². The summed E-state index contributed by atoms with van der Waals surface area (Å²) in [5.74, 6) is 0.736. The Morgan fingerprint density at radius 3 is 2.30 bits per heavy atom. The van der Waals surface area contributed by atoms with Crippen molar-refractivity contribution in [2.75, 3.05) is 7.05 Å². The molecule has 1 aromatic carbocycles. The third kappa shape index (κ3) is 7.17. The van der Waals surface area contributed by atoms with Crippen molar-refractivity contribution in [2.24, 2.45) is 4.99 Å². The lowest BCUT2D eigenvalue weighted by Crippen LogP contribution is -2.47. The van der Waals surface area contributed by atoms with Gasteiger partial charge in [-0.05, 0) is 51.8 Å². The van der Waals surface area contributed by atoms with Crippen molar-refractivity contribution in [3.8, 4) is 0 Å². The Morgan fingerprint density at radius 2 is 1.83 bits per heavy atom. The van der Waals surface area contributed by atoms with E-state index in [9.17, 15) is 4.79 Å². The molecule has 0 saturated carbocycles. The molecule has 0 aromatic heterocycles. The van der Waals surface area contributed by atoms with Crippen LogP contribution in [-0.4, -0.2) is 30.5 Å². The molecule has 23 heavy (non-hydrogen) atoms. The highest BCUT2D eigenvalue weighted by molar-refractivity contribution is 5.94. The van der Waals surface area contributed by atoms with E-state index in [1.54, 1.807) is 7.05 Å². The summed E-state index contributed by atoms with van der Waals surface area (Å²) >= 11 is 0. The molecule has 1 amide bonds. The first-order valence-corrected chi connectivity index (χ1v) is 8.13. The molecule has 0 saturated heterocycles. The van der Waals surface area contributed by atoms with Crippen molar-refractivity contribution >= 4 is 11.9 Å². The van der Waals surface area contributed by atoms with E-state index in [-0.39, 0.29) is 17.5 Å². The van der Waals surface area contributed by atoms with Crippen LogP contribution in [0.3, 0.4) is 0 Å². The largest absolute Gasteiger partial charge is 0.352 e. The SMILES string of the molecule is CCC(C)NC(=O)c1ccc(CNC(=NC)NC(C)(C)C)cc1. The molecule has 0 aliphatic carbocycles. The minimum atomic E-state index is -0.0419.